The molecule has 20 heavy (non-hydrogen) atoms. The van der Waals surface area contributed by atoms with Gasteiger partial charge in [-0.3, -0.25) is 10.1 Å². The summed E-state index contributed by atoms with van der Waals surface area (Å²) >= 11 is 0. The van der Waals surface area contributed by atoms with Gasteiger partial charge >= 0.3 is 0 Å². The van der Waals surface area contributed by atoms with Gasteiger partial charge in [0.05, 0.1) is 17.4 Å². The van der Waals surface area contributed by atoms with Crippen LogP contribution in [0.5, 0.6) is 0 Å². The van der Waals surface area contributed by atoms with Crippen molar-refractivity contribution in [1.29, 1.82) is 0 Å². The van der Waals surface area contributed by atoms with E-state index in [2.05, 4.69) is 32.1 Å². The maximum Gasteiger partial charge on any atom is 0.250 e. The second-order valence-corrected chi connectivity index (χ2v) is 3.92. The lowest BCUT2D eigenvalue weighted by atomic mass is 10.2. The van der Waals surface area contributed by atoms with Crippen molar-refractivity contribution in [2.75, 3.05) is 5.32 Å². The largest absolute Gasteiger partial charge is 0.291 e. The molecule has 0 spiro atoms. The summed E-state index contributed by atoms with van der Waals surface area (Å²) in [5.74, 6) is -0.140. The van der Waals surface area contributed by atoms with E-state index in [-0.39, 0.29) is 11.9 Å². The minimum atomic E-state index is -0.358. The molecule has 0 aliphatic carbocycles. The highest BCUT2D eigenvalue weighted by Gasteiger charge is 2.09. The molecule has 98 valence electrons. The molecular weight excluding hydrogens is 256 g/mol. The lowest BCUT2D eigenvalue weighted by Crippen LogP contribution is -2.10. The van der Waals surface area contributed by atoms with E-state index in [1.807, 2.05) is 12.1 Å². The molecule has 0 radical (unpaired) electrons. The number of aromatic nitrogens is 5. The summed E-state index contributed by atoms with van der Waals surface area (Å²) in [6.07, 6.45) is 6.06. The van der Waals surface area contributed by atoms with E-state index in [0.717, 1.165) is 17.2 Å². The number of rotatable bonds is 3. The third kappa shape index (κ3) is 2.12. The highest BCUT2D eigenvalue weighted by molar-refractivity contribution is 5.97. The lowest BCUT2D eigenvalue weighted by molar-refractivity contribution is -0.111. The van der Waals surface area contributed by atoms with Gasteiger partial charge < -0.3 is 0 Å². The van der Waals surface area contributed by atoms with Crippen LogP contribution in [0.15, 0.2) is 49.4 Å². The average molecular weight is 266 g/mol. The van der Waals surface area contributed by atoms with E-state index >= 15 is 0 Å². The topological polar surface area (TPSA) is 85.1 Å². The van der Waals surface area contributed by atoms with Crippen LogP contribution in [0.1, 0.15) is 0 Å². The molecule has 0 aliphatic heterocycles. The first-order valence-electron chi connectivity index (χ1n) is 5.84. The number of carbonyl (C=O) groups is 1. The van der Waals surface area contributed by atoms with Gasteiger partial charge in [-0.1, -0.05) is 6.58 Å². The first-order chi connectivity index (χ1) is 9.78. The minimum absolute atomic E-state index is 0.218. The molecule has 7 heteroatoms. The van der Waals surface area contributed by atoms with Crippen LogP contribution >= 0.6 is 0 Å². The molecule has 3 heterocycles. The van der Waals surface area contributed by atoms with E-state index < -0.39 is 0 Å². The maximum absolute atomic E-state index is 11.3. The lowest BCUT2D eigenvalue weighted by Gasteiger charge is -2.02. The summed E-state index contributed by atoms with van der Waals surface area (Å²) in [6.45, 7) is 3.38. The van der Waals surface area contributed by atoms with Gasteiger partial charge in [0.1, 0.15) is 0 Å². The van der Waals surface area contributed by atoms with Gasteiger partial charge in [0.15, 0.2) is 0 Å². The predicted octanol–water partition coefficient (Wildman–Crippen LogP) is 1.31. The molecule has 0 aromatic carbocycles. The van der Waals surface area contributed by atoms with Crippen LogP contribution in [0.4, 0.5) is 5.95 Å². The Hall–Kier alpha value is -3.09. The molecule has 0 bridgehead atoms. The number of nitrogens with one attached hydrogen (secondary N) is 1. The van der Waals surface area contributed by atoms with E-state index in [4.69, 9.17) is 0 Å². The summed E-state index contributed by atoms with van der Waals surface area (Å²) in [5.41, 5.74) is 2.30. The van der Waals surface area contributed by atoms with Gasteiger partial charge in [0.25, 0.3) is 0 Å². The molecule has 0 fully saturated rings. The zero-order valence-corrected chi connectivity index (χ0v) is 10.4. The number of fused-ring (bicyclic) bond motifs is 1. The Kier molecular flexibility index (Phi) is 2.92. The van der Waals surface area contributed by atoms with Gasteiger partial charge in [0, 0.05) is 18.0 Å². The van der Waals surface area contributed by atoms with E-state index in [9.17, 15) is 4.79 Å². The van der Waals surface area contributed by atoms with Crippen molar-refractivity contribution in [2.45, 2.75) is 0 Å². The molecule has 3 rings (SSSR count). The number of anilines is 1. The summed E-state index contributed by atoms with van der Waals surface area (Å²) in [5, 5.41) is 10.8. The Morgan fingerprint density at radius 3 is 3.05 bits per heavy atom. The molecule has 0 saturated carbocycles. The Bertz CT molecular complexity index is 794. The van der Waals surface area contributed by atoms with Crippen molar-refractivity contribution in [3.05, 3.63) is 49.4 Å². The Labute approximate surface area is 114 Å². The summed E-state index contributed by atoms with van der Waals surface area (Å²) in [7, 11) is 0. The van der Waals surface area contributed by atoms with Crippen LogP contribution in [-0.2, 0) is 4.79 Å². The zero-order chi connectivity index (χ0) is 13.9. The molecule has 0 aliphatic rings. The molecule has 3 aromatic rings. The van der Waals surface area contributed by atoms with Crippen molar-refractivity contribution in [2.24, 2.45) is 0 Å². The normalized spacial score (nSPS) is 10.4. The molecule has 1 amide bonds. The van der Waals surface area contributed by atoms with Crippen LogP contribution in [0.25, 0.3) is 16.8 Å². The van der Waals surface area contributed by atoms with E-state index in [0.29, 0.717) is 5.69 Å². The molecule has 7 nitrogen and oxygen atoms in total. The number of hydrogen-bond acceptors (Lipinski definition) is 5. The average Bonchev–Trinajstić information content (AvgIpc) is 2.91. The van der Waals surface area contributed by atoms with Crippen molar-refractivity contribution in [3.63, 3.8) is 0 Å². The van der Waals surface area contributed by atoms with Gasteiger partial charge in [-0.2, -0.15) is 14.8 Å². The summed E-state index contributed by atoms with van der Waals surface area (Å²) in [6, 6.07) is 5.45. The Morgan fingerprint density at radius 2 is 2.20 bits per heavy atom. The SMILES string of the molecule is C=CC(=O)Nc1nccc(-c2cnn3ncccc23)n1. The monoisotopic (exact) mass is 266 g/mol. The number of amides is 1. The van der Waals surface area contributed by atoms with Gasteiger partial charge in [0.2, 0.25) is 11.9 Å². The zero-order valence-electron chi connectivity index (χ0n) is 10.4. The summed E-state index contributed by atoms with van der Waals surface area (Å²) in [4.78, 5) is 19.5. The number of hydrogen-bond donors (Lipinski definition) is 1. The summed E-state index contributed by atoms with van der Waals surface area (Å²) < 4.78 is 1.51. The van der Waals surface area contributed by atoms with Crippen LogP contribution in [-0.4, -0.2) is 30.7 Å². The van der Waals surface area contributed by atoms with Gasteiger partial charge in [-0.05, 0) is 24.3 Å². The van der Waals surface area contributed by atoms with Gasteiger partial charge in [-0.25, -0.2) is 9.97 Å². The third-order valence-electron chi connectivity index (χ3n) is 2.66. The fraction of sp³-hybridized carbons (Fsp3) is 0. The Balaban J connectivity index is 2.04. The quantitative estimate of drug-likeness (QED) is 0.722. The molecule has 3 aromatic heterocycles. The van der Waals surface area contributed by atoms with Crippen molar-refractivity contribution >= 4 is 17.4 Å². The molecule has 1 N–H and O–H groups in total. The highest BCUT2D eigenvalue weighted by atomic mass is 16.1. The fourth-order valence-electron chi connectivity index (χ4n) is 1.76. The van der Waals surface area contributed by atoms with E-state index in [1.165, 1.54) is 4.63 Å². The second-order valence-electron chi connectivity index (χ2n) is 3.92. The number of carbonyl (C=O) groups excluding carboxylic acids is 1. The molecule has 0 atom stereocenters. The minimum Gasteiger partial charge on any atom is -0.291 e. The highest BCUT2D eigenvalue weighted by Crippen LogP contribution is 2.22. The van der Waals surface area contributed by atoms with Gasteiger partial charge in [-0.15, -0.1) is 0 Å². The third-order valence-corrected chi connectivity index (χ3v) is 2.66. The second kappa shape index (κ2) is 4.88. The van der Waals surface area contributed by atoms with Crippen molar-refractivity contribution in [3.8, 4) is 11.3 Å². The van der Waals surface area contributed by atoms with Crippen LogP contribution in [0.2, 0.25) is 0 Å². The smallest absolute Gasteiger partial charge is 0.250 e. The first-order valence-corrected chi connectivity index (χ1v) is 5.84. The van der Waals surface area contributed by atoms with Crippen molar-refractivity contribution in [1.82, 2.24) is 24.8 Å². The number of nitrogens with zero attached hydrogens (tertiary/aromatic N) is 5. The fourth-order valence-corrected chi connectivity index (χ4v) is 1.76. The molecular formula is C13H10N6O. The van der Waals surface area contributed by atoms with Crippen LogP contribution in [0.3, 0.4) is 0 Å². The van der Waals surface area contributed by atoms with Crippen molar-refractivity contribution < 1.29 is 4.79 Å². The van der Waals surface area contributed by atoms with Crippen LogP contribution < -0.4 is 5.32 Å². The standard InChI is InChI=1S/C13H10N6O/c1-2-12(20)18-13-14-7-5-10(17-13)9-8-16-19-11(9)4-3-6-15-19/h2-8H,1H2,(H,14,17,18,20). The maximum atomic E-state index is 11.3. The first kappa shape index (κ1) is 12.0. The Morgan fingerprint density at radius 1 is 1.30 bits per heavy atom. The van der Waals surface area contributed by atoms with E-state index in [1.54, 1.807) is 24.7 Å². The molecule has 0 unspecified atom stereocenters. The van der Waals surface area contributed by atoms with Crippen LogP contribution in [0, 0.1) is 0 Å². The predicted molar refractivity (Wildman–Crippen MR) is 72.8 cm³/mol. The molecule has 0 saturated heterocycles.